The SMILES string of the molecule is O=C1N(CN2C3CCC2CC(O)(c2ccccc2)C3)C(C2CC2)C12CCOCC2. The minimum absolute atomic E-state index is 0.126. The lowest BCUT2D eigenvalue weighted by Gasteiger charge is -2.60. The van der Waals surface area contributed by atoms with Crippen LogP contribution in [-0.2, 0) is 15.1 Å². The molecule has 5 heteroatoms. The third kappa shape index (κ3) is 2.74. The molecule has 1 amide bonds. The summed E-state index contributed by atoms with van der Waals surface area (Å²) in [5, 5.41) is 11.4. The zero-order valence-corrected chi connectivity index (χ0v) is 17.1. The molecule has 5 nitrogen and oxygen atoms in total. The third-order valence-electron chi connectivity index (χ3n) is 8.59. The average Bonchev–Trinajstić information content (AvgIpc) is 3.54. The van der Waals surface area contributed by atoms with E-state index in [1.165, 1.54) is 12.8 Å². The van der Waals surface area contributed by atoms with Crippen molar-refractivity contribution in [2.75, 3.05) is 19.9 Å². The van der Waals surface area contributed by atoms with Crippen LogP contribution in [0, 0.1) is 11.3 Å². The predicted molar refractivity (Wildman–Crippen MR) is 109 cm³/mol. The number of piperidine rings is 1. The van der Waals surface area contributed by atoms with Gasteiger partial charge in [-0.3, -0.25) is 9.69 Å². The quantitative estimate of drug-likeness (QED) is 0.795. The second kappa shape index (κ2) is 6.53. The number of benzene rings is 1. The van der Waals surface area contributed by atoms with Gasteiger partial charge in [0.05, 0.1) is 23.7 Å². The van der Waals surface area contributed by atoms with Crippen LogP contribution in [-0.4, -0.2) is 58.8 Å². The zero-order valence-electron chi connectivity index (χ0n) is 17.1. The molecule has 1 saturated carbocycles. The van der Waals surface area contributed by atoms with E-state index in [2.05, 4.69) is 21.9 Å². The monoisotopic (exact) mass is 396 g/mol. The highest BCUT2D eigenvalue weighted by molar-refractivity contribution is 5.90. The Bertz CT molecular complexity index is 773. The smallest absolute Gasteiger partial charge is 0.232 e. The van der Waals surface area contributed by atoms with Gasteiger partial charge >= 0.3 is 0 Å². The lowest BCUT2D eigenvalue weighted by molar-refractivity contribution is -0.196. The molecule has 1 aromatic carbocycles. The summed E-state index contributed by atoms with van der Waals surface area (Å²) in [6, 6.07) is 11.3. The molecule has 2 bridgehead atoms. The van der Waals surface area contributed by atoms with Crippen LogP contribution in [0.5, 0.6) is 0 Å². The van der Waals surface area contributed by atoms with Crippen LogP contribution in [0.15, 0.2) is 30.3 Å². The van der Waals surface area contributed by atoms with Crippen molar-refractivity contribution in [2.24, 2.45) is 11.3 Å². The number of nitrogens with zero attached hydrogens (tertiary/aromatic N) is 2. The molecule has 4 aliphatic heterocycles. The molecule has 1 spiro atoms. The summed E-state index contributed by atoms with van der Waals surface area (Å²) in [6.45, 7) is 2.24. The van der Waals surface area contributed by atoms with Crippen LogP contribution in [0.1, 0.15) is 56.9 Å². The van der Waals surface area contributed by atoms with E-state index in [0.29, 0.717) is 30.0 Å². The van der Waals surface area contributed by atoms with Crippen LogP contribution >= 0.6 is 0 Å². The lowest BCUT2D eigenvalue weighted by atomic mass is 9.64. The maximum atomic E-state index is 13.3. The molecule has 5 aliphatic rings. The van der Waals surface area contributed by atoms with Gasteiger partial charge in [0, 0.05) is 25.3 Å². The molecule has 1 aromatic rings. The van der Waals surface area contributed by atoms with E-state index in [1.54, 1.807) is 0 Å². The molecule has 1 N–H and O–H groups in total. The second-order valence-corrected chi connectivity index (χ2v) is 10.2. The van der Waals surface area contributed by atoms with Gasteiger partial charge < -0.3 is 14.7 Å². The molecule has 0 radical (unpaired) electrons. The van der Waals surface area contributed by atoms with Crippen LogP contribution in [0.25, 0.3) is 0 Å². The summed E-state index contributed by atoms with van der Waals surface area (Å²) >= 11 is 0. The first-order valence-corrected chi connectivity index (χ1v) is 11.5. The Morgan fingerprint density at radius 1 is 1.00 bits per heavy atom. The molecule has 0 aromatic heterocycles. The van der Waals surface area contributed by atoms with E-state index in [1.807, 2.05) is 18.2 Å². The minimum atomic E-state index is -0.722. The highest BCUT2D eigenvalue weighted by atomic mass is 16.5. The molecular formula is C24H32N2O3. The van der Waals surface area contributed by atoms with Gasteiger partial charge in [-0.15, -0.1) is 0 Å². The highest BCUT2D eigenvalue weighted by Crippen LogP contribution is 2.56. The number of amides is 1. The molecule has 1 aliphatic carbocycles. The van der Waals surface area contributed by atoms with Crippen molar-refractivity contribution in [3.05, 3.63) is 35.9 Å². The minimum Gasteiger partial charge on any atom is -0.385 e. The lowest BCUT2D eigenvalue weighted by Crippen LogP contribution is -2.73. The summed E-state index contributed by atoms with van der Waals surface area (Å²) < 4.78 is 5.58. The molecule has 3 atom stereocenters. The predicted octanol–water partition coefficient (Wildman–Crippen LogP) is 2.88. The first-order valence-electron chi connectivity index (χ1n) is 11.5. The van der Waals surface area contributed by atoms with Crippen molar-refractivity contribution in [3.8, 4) is 0 Å². The molecule has 4 heterocycles. The summed E-state index contributed by atoms with van der Waals surface area (Å²) in [5.74, 6) is 1.08. The number of likely N-dealkylation sites (tertiary alicyclic amines) is 1. The van der Waals surface area contributed by atoms with Gasteiger partial charge in [0.2, 0.25) is 5.91 Å². The second-order valence-electron chi connectivity index (χ2n) is 10.2. The van der Waals surface area contributed by atoms with Crippen LogP contribution in [0.3, 0.4) is 0 Å². The largest absolute Gasteiger partial charge is 0.385 e. The molecule has 4 saturated heterocycles. The molecule has 5 fully saturated rings. The Kier molecular flexibility index (Phi) is 4.13. The number of rotatable bonds is 4. The Labute approximate surface area is 173 Å². The summed E-state index contributed by atoms with van der Waals surface area (Å²) in [6.07, 6.45) is 8.19. The molecule has 29 heavy (non-hydrogen) atoms. The number of fused-ring (bicyclic) bond motifs is 2. The van der Waals surface area contributed by atoms with Crippen molar-refractivity contribution in [1.29, 1.82) is 0 Å². The van der Waals surface area contributed by atoms with Gasteiger partial charge in [0.25, 0.3) is 0 Å². The van der Waals surface area contributed by atoms with Gasteiger partial charge in [-0.25, -0.2) is 0 Å². The maximum absolute atomic E-state index is 13.3. The fourth-order valence-electron chi connectivity index (χ4n) is 6.99. The van der Waals surface area contributed by atoms with Crippen molar-refractivity contribution < 1.29 is 14.6 Å². The molecule has 3 unspecified atom stereocenters. The number of carbonyl (C=O) groups is 1. The Morgan fingerprint density at radius 3 is 2.28 bits per heavy atom. The zero-order chi connectivity index (χ0) is 19.6. The number of carbonyl (C=O) groups excluding carboxylic acids is 1. The Balaban J connectivity index is 1.20. The van der Waals surface area contributed by atoms with Crippen LogP contribution in [0.4, 0.5) is 0 Å². The van der Waals surface area contributed by atoms with Gasteiger partial charge in [0.15, 0.2) is 0 Å². The number of β-lactam (4-membered cyclic amide) rings is 1. The average molecular weight is 397 g/mol. The van der Waals surface area contributed by atoms with Gasteiger partial charge in [-0.1, -0.05) is 30.3 Å². The van der Waals surface area contributed by atoms with E-state index in [0.717, 1.165) is 64.0 Å². The van der Waals surface area contributed by atoms with Crippen molar-refractivity contribution >= 4 is 5.91 Å². The normalized spacial score (nSPS) is 39.0. The van der Waals surface area contributed by atoms with Crippen molar-refractivity contribution in [3.63, 3.8) is 0 Å². The summed E-state index contributed by atoms with van der Waals surface area (Å²) in [4.78, 5) is 18.1. The standard InChI is InChI=1S/C24H32N2O3/c27-22-23(10-12-29-13-11-23)21(17-6-7-17)26(22)16-25-19-8-9-20(25)15-24(28,14-19)18-4-2-1-3-5-18/h1-5,17,19-21,28H,6-16H2. The highest BCUT2D eigenvalue weighted by Gasteiger charge is 2.65. The van der Waals surface area contributed by atoms with E-state index < -0.39 is 5.60 Å². The number of ether oxygens (including phenoxy) is 1. The van der Waals surface area contributed by atoms with E-state index >= 15 is 0 Å². The van der Waals surface area contributed by atoms with Gasteiger partial charge in [-0.05, 0) is 62.8 Å². The van der Waals surface area contributed by atoms with Gasteiger partial charge in [0.1, 0.15) is 0 Å². The maximum Gasteiger partial charge on any atom is 0.232 e. The Hall–Kier alpha value is -1.43. The third-order valence-corrected chi connectivity index (χ3v) is 8.59. The fourth-order valence-corrected chi connectivity index (χ4v) is 6.99. The van der Waals surface area contributed by atoms with Crippen molar-refractivity contribution in [1.82, 2.24) is 9.80 Å². The first-order chi connectivity index (χ1) is 14.1. The van der Waals surface area contributed by atoms with E-state index in [9.17, 15) is 9.90 Å². The van der Waals surface area contributed by atoms with Crippen molar-refractivity contribution in [2.45, 2.75) is 75.1 Å². The number of hydrogen-bond donors (Lipinski definition) is 1. The number of hydrogen-bond acceptors (Lipinski definition) is 4. The molecule has 156 valence electrons. The van der Waals surface area contributed by atoms with Crippen LogP contribution < -0.4 is 0 Å². The summed E-state index contributed by atoms with van der Waals surface area (Å²) in [5.41, 5.74) is 0.202. The molecular weight excluding hydrogens is 364 g/mol. The Morgan fingerprint density at radius 2 is 1.66 bits per heavy atom. The number of aliphatic hydroxyl groups is 1. The summed E-state index contributed by atoms with van der Waals surface area (Å²) in [7, 11) is 0. The topological polar surface area (TPSA) is 53.0 Å². The van der Waals surface area contributed by atoms with E-state index in [-0.39, 0.29) is 5.41 Å². The van der Waals surface area contributed by atoms with Gasteiger partial charge in [-0.2, -0.15) is 0 Å². The first kappa shape index (κ1) is 18.3. The van der Waals surface area contributed by atoms with E-state index in [4.69, 9.17) is 4.74 Å². The van der Waals surface area contributed by atoms with Crippen LogP contribution in [0.2, 0.25) is 0 Å². The molecule has 6 rings (SSSR count). The fraction of sp³-hybridized carbons (Fsp3) is 0.708.